The second kappa shape index (κ2) is 30.6. The fourth-order valence-electron chi connectivity index (χ4n) is 26.1. The Morgan fingerprint density at radius 3 is 0.787 bits per heavy atom. The third kappa shape index (κ3) is 11.2. The molecule has 690 valence electrons. The molecule has 150 heavy (non-hydrogen) atoms. The Labute approximate surface area is 852 Å². The molecular weight excluding hydrogens is 1830 g/mol. The van der Waals surface area contributed by atoms with Crippen LogP contribution < -0.4 is 0 Å². The van der Waals surface area contributed by atoms with Gasteiger partial charge in [0.1, 0.15) is 17.5 Å². The molecule has 12 aromatic heterocycles. The third-order valence-corrected chi connectivity index (χ3v) is 32.4. The molecule has 0 spiro atoms. The highest BCUT2D eigenvalue weighted by Gasteiger charge is 2.32. The topological polar surface area (TPSA) is 105 Å². The van der Waals surface area contributed by atoms with Gasteiger partial charge in [0.15, 0.2) is 17.5 Å². The number of para-hydroxylation sites is 12. The van der Waals surface area contributed by atoms with Gasteiger partial charge < -0.3 is 13.2 Å². The van der Waals surface area contributed by atoms with Crippen molar-refractivity contribution in [3.05, 3.63) is 473 Å². The smallest absolute Gasteiger partial charge is 0.162 e. The summed E-state index contributed by atoms with van der Waals surface area (Å²) in [7, 11) is 0. The quantitative estimate of drug-likeness (QED) is 0.154. The van der Waals surface area contributed by atoms with Crippen LogP contribution in [0, 0.1) is 0 Å². The summed E-state index contributed by atoms with van der Waals surface area (Å²) in [5, 5.41) is 40.0. The van der Waals surface area contributed by atoms with Crippen LogP contribution in [-0.4, -0.2) is 56.8 Å². The first-order chi connectivity index (χ1) is 74.5. The van der Waals surface area contributed by atoms with Gasteiger partial charge in [-0.15, -0.1) is 0 Å². The largest absolute Gasteiger partial charge is 0.308 e. The maximum Gasteiger partial charge on any atom is 0.162 e. The van der Waals surface area contributed by atoms with Crippen molar-refractivity contribution in [2.45, 2.75) is 0 Å². The summed E-state index contributed by atoms with van der Waals surface area (Å²) in [4.78, 5) is 32.3. The van der Waals surface area contributed by atoms with Crippen molar-refractivity contribution >= 4 is 277 Å². The molecule has 0 aliphatic rings. The fraction of sp³-hybridized carbons (Fsp3) is 0. The van der Waals surface area contributed by atoms with Gasteiger partial charge in [-0.3, -0.25) is 13.7 Å². The highest BCUT2D eigenvalue weighted by Crippen LogP contribution is 2.53. The maximum atomic E-state index is 5.59. The van der Waals surface area contributed by atoms with Gasteiger partial charge in [0.05, 0.1) is 99.3 Å². The van der Waals surface area contributed by atoms with E-state index in [0.29, 0.717) is 11.6 Å². The van der Waals surface area contributed by atoms with Crippen LogP contribution in [0.3, 0.4) is 0 Å². The number of aromatic nitrogens is 12. The Hall–Kier alpha value is -20.3. The van der Waals surface area contributed by atoms with Crippen molar-refractivity contribution in [3.63, 3.8) is 0 Å². The molecule has 0 saturated carbocycles. The molecule has 0 bridgehead atoms. The van der Waals surface area contributed by atoms with Gasteiger partial charge in [-0.1, -0.05) is 346 Å². The van der Waals surface area contributed by atoms with Gasteiger partial charge in [-0.05, 0) is 192 Å². The summed E-state index contributed by atoms with van der Waals surface area (Å²) in [6.07, 6.45) is 0. The van der Waals surface area contributed by atoms with Gasteiger partial charge in [0.25, 0.3) is 0 Å². The summed E-state index contributed by atoms with van der Waals surface area (Å²) < 4.78 is 14.6. The molecule has 0 fully saturated rings. The SMILES string of the molecule is c1ccc2c(c1)cc(-c1nc(-n3c4ccccc4c4cc5c6ccccc6n6c7ccccc7c(c43)c56)c3ccccc3n1)c1ccccc12.c1ccc2c(c1)ccc1cc(-c3nc(-n4c5ccccc5c5cc6c7ccccc7n7c8ccccc8c(c54)c67)c4ccccc4n3)ccc12.c1ccc2c(c1)ccc1ccc(-c3nc(-n4c5ccccc5c5cc6c7ccccc7n7c8ccccc8c(c54)c67)c4ccccc4n3)cc12. The minimum absolute atomic E-state index is 0.714. The average molecular weight is 1900 g/mol. The predicted molar refractivity (Wildman–Crippen MR) is 627 cm³/mol. The molecule has 0 amide bonds. The Morgan fingerprint density at radius 1 is 0.133 bits per heavy atom. The van der Waals surface area contributed by atoms with Crippen LogP contribution >= 0.6 is 0 Å². The molecule has 36 aromatic rings. The van der Waals surface area contributed by atoms with E-state index in [2.05, 4.69) is 500 Å². The van der Waals surface area contributed by atoms with Crippen LogP contribution in [0.5, 0.6) is 0 Å². The number of nitrogens with zero attached hydrogens (tertiary/aromatic N) is 12. The Kier molecular flexibility index (Phi) is 16.6. The second-order valence-corrected chi connectivity index (χ2v) is 40.1. The molecule has 24 aromatic carbocycles. The van der Waals surface area contributed by atoms with E-state index in [1.165, 1.54) is 222 Å². The van der Waals surface area contributed by atoms with Crippen LogP contribution in [0.2, 0.25) is 0 Å². The summed E-state index contributed by atoms with van der Waals surface area (Å²) in [6, 6.07) is 170. The van der Waals surface area contributed by atoms with E-state index in [1.54, 1.807) is 0 Å². The van der Waals surface area contributed by atoms with Crippen molar-refractivity contribution in [2.75, 3.05) is 0 Å². The van der Waals surface area contributed by atoms with Crippen molar-refractivity contribution in [2.24, 2.45) is 0 Å². The van der Waals surface area contributed by atoms with Gasteiger partial charge in [0, 0.05) is 130 Å². The van der Waals surface area contributed by atoms with Gasteiger partial charge in [-0.25, -0.2) is 29.9 Å². The van der Waals surface area contributed by atoms with E-state index in [1.807, 2.05) is 0 Å². The zero-order valence-corrected chi connectivity index (χ0v) is 80.4. The van der Waals surface area contributed by atoms with Crippen LogP contribution in [0.15, 0.2) is 473 Å². The Morgan fingerprint density at radius 2 is 0.380 bits per heavy atom. The van der Waals surface area contributed by atoms with E-state index in [4.69, 9.17) is 29.9 Å². The standard InChI is InChI=1S/3C46H26N4/c1-2-12-30-27(11-1)21-22-28-25-29(23-24-31(28)30)45-47-38-17-7-3-15-34(38)46(48-45)50-40-19-9-5-14-33(40)37-26-36-32-13-4-8-18-39(32)49-41-20-10-6-16-35(41)42(43(36)49)44(37)50;1-2-12-30-27(11-1)21-22-28-23-24-29(25-35(28)30)45-47-38-17-7-3-15-33(38)46(48-45)50-40-19-9-5-14-32(40)37-26-36-31-13-4-8-18-39(31)49-41-20-10-6-16-34(41)42(43(36)49)44(37)50;1-2-14-28-27(13-1)25-37(30-16-4-3-15-29(28)30)45-47-38-21-9-5-19-33(38)46(48-45)50-40-23-11-7-18-32(40)36-26-35-31-17-6-10-22-39(31)49-41-24-12-8-20-34(41)42(43(35)49)44(36)50/h3*1-26H. The fourth-order valence-corrected chi connectivity index (χ4v) is 26.1. The lowest BCUT2D eigenvalue weighted by Crippen LogP contribution is -2.03. The number of hydrogen-bond donors (Lipinski definition) is 0. The lowest BCUT2D eigenvalue weighted by Gasteiger charge is -2.15. The van der Waals surface area contributed by atoms with Crippen molar-refractivity contribution in [1.29, 1.82) is 0 Å². The van der Waals surface area contributed by atoms with Crippen LogP contribution in [0.1, 0.15) is 0 Å². The number of benzene rings is 24. The zero-order chi connectivity index (χ0) is 97.5. The first-order valence-electron chi connectivity index (χ1n) is 51.3. The van der Waals surface area contributed by atoms with Crippen molar-refractivity contribution in [3.8, 4) is 51.6 Å². The molecular formula is C138H78N12. The van der Waals surface area contributed by atoms with E-state index in [-0.39, 0.29) is 0 Å². The third-order valence-electron chi connectivity index (χ3n) is 32.4. The second-order valence-electron chi connectivity index (χ2n) is 40.1. The Bertz CT molecular complexity index is 12300. The average Bonchev–Trinajstić information content (AvgIpc) is 1.52. The maximum absolute atomic E-state index is 5.59. The minimum atomic E-state index is 0.714. The van der Waals surface area contributed by atoms with E-state index in [9.17, 15) is 0 Å². The van der Waals surface area contributed by atoms with E-state index < -0.39 is 0 Å². The van der Waals surface area contributed by atoms with E-state index >= 15 is 0 Å². The van der Waals surface area contributed by atoms with E-state index in [0.717, 1.165) is 94.6 Å². The van der Waals surface area contributed by atoms with Crippen LogP contribution in [-0.2, 0) is 0 Å². The molecule has 0 atom stereocenters. The minimum Gasteiger partial charge on any atom is -0.308 e. The normalized spacial score (nSPS) is 12.4. The molecule has 12 heterocycles. The molecule has 12 nitrogen and oxygen atoms in total. The molecule has 0 radical (unpaired) electrons. The number of rotatable bonds is 6. The molecule has 0 saturated heterocycles. The predicted octanol–water partition coefficient (Wildman–Crippen LogP) is 35.6. The van der Waals surface area contributed by atoms with Crippen LogP contribution in [0.25, 0.3) is 329 Å². The lowest BCUT2D eigenvalue weighted by molar-refractivity contribution is 1.08. The molecule has 36 rings (SSSR count). The number of fused-ring (bicyclic) bond motifs is 42. The molecule has 0 aliphatic heterocycles. The molecule has 12 heteroatoms. The first-order valence-corrected chi connectivity index (χ1v) is 51.3. The lowest BCUT2D eigenvalue weighted by atomic mass is 9.97. The molecule has 0 unspecified atom stereocenters. The van der Waals surface area contributed by atoms with Crippen molar-refractivity contribution in [1.82, 2.24) is 56.8 Å². The Balaban J connectivity index is 0.0000000957. The van der Waals surface area contributed by atoms with Gasteiger partial charge in [-0.2, -0.15) is 0 Å². The summed E-state index contributed by atoms with van der Waals surface area (Å²) in [5.74, 6) is 4.81. The summed E-state index contributed by atoms with van der Waals surface area (Å²) >= 11 is 0. The van der Waals surface area contributed by atoms with Gasteiger partial charge in [0.2, 0.25) is 0 Å². The molecule has 0 aliphatic carbocycles. The van der Waals surface area contributed by atoms with Crippen molar-refractivity contribution < 1.29 is 0 Å². The van der Waals surface area contributed by atoms with Crippen LogP contribution in [0.4, 0.5) is 0 Å². The zero-order valence-electron chi connectivity index (χ0n) is 80.4. The summed E-state index contributed by atoms with van der Waals surface area (Å²) in [5.41, 5.74) is 23.8. The highest BCUT2D eigenvalue weighted by molar-refractivity contribution is 6.38. The van der Waals surface area contributed by atoms with Gasteiger partial charge >= 0.3 is 0 Å². The summed E-state index contributed by atoms with van der Waals surface area (Å²) in [6.45, 7) is 0. The number of hydrogen-bond acceptors (Lipinski definition) is 6. The first kappa shape index (κ1) is 81.1. The highest BCUT2D eigenvalue weighted by atomic mass is 15.1. The molecule has 0 N–H and O–H groups in total. The monoisotopic (exact) mass is 1900 g/mol.